The second kappa shape index (κ2) is 23.4. The highest BCUT2D eigenvalue weighted by Gasteiger charge is 2.14. The van der Waals surface area contributed by atoms with Crippen LogP contribution in [0.1, 0.15) is 74.5 Å². The third kappa shape index (κ3) is 16.5. The molecule has 0 N–H and O–H groups in total. The van der Waals surface area contributed by atoms with E-state index in [1.54, 1.807) is 0 Å². The van der Waals surface area contributed by atoms with E-state index in [1.807, 2.05) is 37.2 Å². The van der Waals surface area contributed by atoms with Gasteiger partial charge in [0.25, 0.3) is 0 Å². The van der Waals surface area contributed by atoms with Crippen molar-refractivity contribution in [3.05, 3.63) is 178 Å². The molecule has 10 heteroatoms. The van der Waals surface area contributed by atoms with E-state index in [4.69, 9.17) is 0 Å². The minimum Gasteiger partial charge on any atom is -0.299 e. The Morgan fingerprint density at radius 1 is 0.322 bits per heavy atom. The number of aryl methyl sites for hydroxylation is 6. The molecular weight excluding hydrogens is 729 g/mol. The van der Waals surface area contributed by atoms with Crippen molar-refractivity contribution < 1.29 is 0 Å². The van der Waals surface area contributed by atoms with Crippen LogP contribution < -0.4 is 0 Å². The van der Waals surface area contributed by atoms with Crippen LogP contribution in [0, 0.1) is 41.5 Å². The van der Waals surface area contributed by atoms with Gasteiger partial charge in [-0.05, 0) is 125 Å². The van der Waals surface area contributed by atoms with Crippen LogP contribution in [0.25, 0.3) is 0 Å². The van der Waals surface area contributed by atoms with Crippen molar-refractivity contribution in [3.63, 3.8) is 0 Å². The van der Waals surface area contributed by atoms with Crippen molar-refractivity contribution in [2.75, 3.05) is 39.8 Å². The van der Waals surface area contributed by atoms with Crippen LogP contribution in [-0.4, -0.2) is 89.3 Å². The van der Waals surface area contributed by atoms with Gasteiger partial charge in [0.2, 0.25) is 0 Å². The molecule has 0 radical (unpaired) electrons. The zero-order valence-corrected chi connectivity index (χ0v) is 36.6. The first-order valence-corrected chi connectivity index (χ1v) is 20.8. The molecule has 6 rings (SSSR count). The molecule has 10 nitrogen and oxygen atoms in total. The molecule has 6 aromatic rings. The Bertz CT molecular complexity index is 1970. The van der Waals surface area contributed by atoms with Crippen molar-refractivity contribution in [1.82, 2.24) is 49.5 Å². The van der Waals surface area contributed by atoms with Gasteiger partial charge in [0.15, 0.2) is 0 Å². The summed E-state index contributed by atoms with van der Waals surface area (Å²) in [6.07, 6.45) is 11.6. The fourth-order valence-corrected chi connectivity index (χ4v) is 6.42. The van der Waals surface area contributed by atoms with Gasteiger partial charge in [0.05, 0.1) is 34.2 Å². The average Bonchev–Trinajstić information content (AvgIpc) is 3.23. The summed E-state index contributed by atoms with van der Waals surface area (Å²) in [5.74, 6) is 0. The van der Waals surface area contributed by atoms with Gasteiger partial charge in [-0.15, -0.1) is 0 Å². The number of aromatic nitrogens is 6. The SMILES string of the molecule is CCN(CCN(Cc1ccc(C)cn1)Cc1ccc(C)cn1)Cc1ccc(C)cn1.Cc1ccc(CN(C)CCN(Cc2ccc(C)cn2)Cc2ccc(C)cn2)nc1. The molecule has 0 bridgehead atoms. The van der Waals surface area contributed by atoms with Gasteiger partial charge >= 0.3 is 0 Å². The molecule has 0 fully saturated rings. The van der Waals surface area contributed by atoms with E-state index < -0.39 is 0 Å². The normalized spacial score (nSPS) is 11.4. The maximum absolute atomic E-state index is 4.61. The Morgan fingerprint density at radius 3 is 0.814 bits per heavy atom. The third-order valence-corrected chi connectivity index (χ3v) is 10.2. The number of likely N-dealkylation sites (N-methyl/N-ethyl adjacent to an activating group) is 2. The van der Waals surface area contributed by atoms with Crippen molar-refractivity contribution in [2.24, 2.45) is 0 Å². The molecular formula is C49H64N10. The Morgan fingerprint density at radius 2 is 0.559 bits per heavy atom. The molecule has 0 atom stereocenters. The lowest BCUT2D eigenvalue weighted by atomic mass is 10.2. The van der Waals surface area contributed by atoms with Crippen LogP contribution in [0.4, 0.5) is 0 Å². The monoisotopic (exact) mass is 793 g/mol. The Labute approximate surface area is 353 Å². The maximum Gasteiger partial charge on any atom is 0.0544 e. The Hall–Kier alpha value is -5.26. The van der Waals surface area contributed by atoms with Gasteiger partial charge in [-0.1, -0.05) is 43.3 Å². The van der Waals surface area contributed by atoms with Crippen LogP contribution in [0.5, 0.6) is 0 Å². The maximum atomic E-state index is 4.61. The smallest absolute Gasteiger partial charge is 0.0544 e. The first-order valence-electron chi connectivity index (χ1n) is 20.8. The van der Waals surface area contributed by atoms with E-state index in [2.05, 4.69) is 178 Å². The first kappa shape index (κ1) is 44.8. The summed E-state index contributed by atoms with van der Waals surface area (Å²) in [7, 11) is 2.15. The fourth-order valence-electron chi connectivity index (χ4n) is 6.42. The van der Waals surface area contributed by atoms with Crippen LogP contribution in [0.2, 0.25) is 0 Å². The van der Waals surface area contributed by atoms with Gasteiger partial charge in [0, 0.05) is 103 Å². The molecule has 59 heavy (non-hydrogen) atoms. The minimum atomic E-state index is 0.812. The van der Waals surface area contributed by atoms with Gasteiger partial charge in [-0.2, -0.15) is 0 Å². The van der Waals surface area contributed by atoms with Crippen molar-refractivity contribution >= 4 is 0 Å². The molecule has 0 unspecified atom stereocenters. The summed E-state index contributed by atoms with van der Waals surface area (Å²) in [5, 5.41) is 0. The molecule has 0 spiro atoms. The van der Waals surface area contributed by atoms with E-state index in [-0.39, 0.29) is 0 Å². The lowest BCUT2D eigenvalue weighted by Gasteiger charge is -2.26. The van der Waals surface area contributed by atoms with E-state index >= 15 is 0 Å². The highest BCUT2D eigenvalue weighted by molar-refractivity contribution is 5.17. The Kier molecular flexibility index (Phi) is 17.8. The molecule has 0 aliphatic carbocycles. The predicted molar refractivity (Wildman–Crippen MR) is 239 cm³/mol. The van der Waals surface area contributed by atoms with Crippen LogP contribution in [-0.2, 0) is 39.3 Å². The number of rotatable bonds is 19. The molecule has 0 saturated heterocycles. The topological polar surface area (TPSA) is 90.3 Å². The largest absolute Gasteiger partial charge is 0.299 e. The lowest BCUT2D eigenvalue weighted by molar-refractivity contribution is 0.189. The molecule has 6 heterocycles. The fraction of sp³-hybridized carbons (Fsp3) is 0.388. The molecule has 0 saturated carbocycles. The summed E-state index contributed by atoms with van der Waals surface area (Å²) in [5.41, 5.74) is 13.7. The molecule has 0 aliphatic heterocycles. The molecule has 0 amide bonds. The van der Waals surface area contributed by atoms with E-state index in [0.717, 1.165) is 106 Å². The van der Waals surface area contributed by atoms with Gasteiger partial charge in [-0.3, -0.25) is 49.5 Å². The minimum absolute atomic E-state index is 0.812. The second-order valence-corrected chi connectivity index (χ2v) is 16.0. The summed E-state index contributed by atoms with van der Waals surface area (Å²) in [6.45, 7) is 24.4. The average molecular weight is 793 g/mol. The molecule has 310 valence electrons. The summed E-state index contributed by atoms with van der Waals surface area (Å²) < 4.78 is 0. The summed E-state index contributed by atoms with van der Waals surface area (Å²) in [4.78, 5) is 37.1. The van der Waals surface area contributed by atoms with Crippen LogP contribution in [0.15, 0.2) is 110 Å². The van der Waals surface area contributed by atoms with E-state index in [9.17, 15) is 0 Å². The standard InChI is InChI=1S/C25H33N5.C24H31N5/c1-5-29(17-23-9-6-20(2)14-26-23)12-13-30(18-24-10-7-21(3)15-27-24)19-25-11-8-22(4)16-28-25;1-19-5-8-22(25-13-19)16-28(4)11-12-29(17-23-9-6-20(2)14-26-23)18-24-10-7-21(3)15-27-24/h6-11,14-16H,5,12-13,17-19H2,1-4H3;5-10,13-15H,11-12,16-18H2,1-4H3. The van der Waals surface area contributed by atoms with E-state index in [0.29, 0.717) is 0 Å². The van der Waals surface area contributed by atoms with Crippen molar-refractivity contribution in [1.29, 1.82) is 0 Å². The second-order valence-electron chi connectivity index (χ2n) is 16.0. The number of pyridine rings is 6. The van der Waals surface area contributed by atoms with Crippen molar-refractivity contribution in [2.45, 2.75) is 87.7 Å². The molecule has 6 aromatic heterocycles. The number of nitrogens with zero attached hydrogens (tertiary/aromatic N) is 10. The molecule has 0 aromatic carbocycles. The zero-order valence-electron chi connectivity index (χ0n) is 36.6. The summed E-state index contributed by atoms with van der Waals surface area (Å²) >= 11 is 0. The van der Waals surface area contributed by atoms with Gasteiger partial charge < -0.3 is 0 Å². The first-order chi connectivity index (χ1) is 28.5. The van der Waals surface area contributed by atoms with E-state index in [1.165, 1.54) is 33.4 Å². The Balaban J connectivity index is 0.000000224. The van der Waals surface area contributed by atoms with Crippen LogP contribution in [0.3, 0.4) is 0 Å². The van der Waals surface area contributed by atoms with Crippen LogP contribution >= 0.6 is 0 Å². The zero-order chi connectivity index (χ0) is 42.0. The molecule has 0 aliphatic rings. The van der Waals surface area contributed by atoms with Gasteiger partial charge in [0.1, 0.15) is 0 Å². The summed E-state index contributed by atoms with van der Waals surface area (Å²) in [6, 6.07) is 25.5. The highest BCUT2D eigenvalue weighted by Crippen LogP contribution is 2.12. The lowest BCUT2D eigenvalue weighted by Crippen LogP contribution is -2.35. The highest BCUT2D eigenvalue weighted by atomic mass is 15.2. The predicted octanol–water partition coefficient (Wildman–Crippen LogP) is 8.25. The number of hydrogen-bond donors (Lipinski definition) is 0. The quantitative estimate of drug-likeness (QED) is 0.0799. The van der Waals surface area contributed by atoms with Gasteiger partial charge in [-0.25, -0.2) is 0 Å². The van der Waals surface area contributed by atoms with Crippen molar-refractivity contribution in [3.8, 4) is 0 Å². The third-order valence-electron chi connectivity index (χ3n) is 10.2. The number of hydrogen-bond acceptors (Lipinski definition) is 10.